The van der Waals surface area contributed by atoms with Crippen LogP contribution < -0.4 is 4.74 Å². The molecule has 0 radical (unpaired) electrons. The van der Waals surface area contributed by atoms with Crippen LogP contribution in [0.5, 0.6) is 5.75 Å². The highest BCUT2D eigenvalue weighted by molar-refractivity contribution is 9.09. The summed E-state index contributed by atoms with van der Waals surface area (Å²) in [5.41, 5.74) is 0.965. The van der Waals surface area contributed by atoms with Gasteiger partial charge in [0.25, 0.3) is 0 Å². The van der Waals surface area contributed by atoms with E-state index in [9.17, 15) is 4.39 Å². The van der Waals surface area contributed by atoms with Crippen molar-refractivity contribution in [3.8, 4) is 5.75 Å². The monoisotopic (exact) mass is 286 g/mol. The minimum Gasteiger partial charge on any atom is -0.496 e. The zero-order chi connectivity index (χ0) is 11.5. The second-order valence-corrected chi connectivity index (χ2v) is 5.52. The van der Waals surface area contributed by atoms with Crippen LogP contribution in [0.1, 0.15) is 24.8 Å². The fourth-order valence-corrected chi connectivity index (χ4v) is 2.69. The lowest BCUT2D eigenvalue weighted by Crippen LogP contribution is -2.03. The summed E-state index contributed by atoms with van der Waals surface area (Å²) in [6.45, 7) is 0. The highest BCUT2D eigenvalue weighted by Gasteiger charge is 2.28. The Labute approximate surface area is 104 Å². The largest absolute Gasteiger partial charge is 0.496 e. The molecule has 0 spiro atoms. The van der Waals surface area contributed by atoms with E-state index >= 15 is 0 Å². The number of methoxy groups -OCH3 is 1. The molecule has 1 fully saturated rings. The number of hydrogen-bond donors (Lipinski definition) is 0. The van der Waals surface area contributed by atoms with Crippen LogP contribution in [0.4, 0.5) is 4.39 Å². The molecule has 0 aromatic heterocycles. The molecule has 0 aliphatic heterocycles. The van der Waals surface area contributed by atoms with Crippen LogP contribution in [0, 0.1) is 11.7 Å². The van der Waals surface area contributed by atoms with E-state index < -0.39 is 0 Å². The van der Waals surface area contributed by atoms with Gasteiger partial charge in [0.1, 0.15) is 11.6 Å². The molecule has 1 aliphatic carbocycles. The number of aryl methyl sites for hydroxylation is 1. The maximum atomic E-state index is 13.1. The molecule has 1 saturated carbocycles. The van der Waals surface area contributed by atoms with Crippen molar-refractivity contribution >= 4 is 15.9 Å². The van der Waals surface area contributed by atoms with Crippen molar-refractivity contribution < 1.29 is 9.13 Å². The molecule has 1 aromatic rings. The van der Waals surface area contributed by atoms with Crippen molar-refractivity contribution in [2.45, 2.75) is 30.5 Å². The van der Waals surface area contributed by atoms with Gasteiger partial charge < -0.3 is 4.74 Å². The number of ether oxygens (including phenoxy) is 1. The van der Waals surface area contributed by atoms with Crippen molar-refractivity contribution in [1.29, 1.82) is 0 Å². The maximum Gasteiger partial charge on any atom is 0.123 e. The van der Waals surface area contributed by atoms with Crippen molar-refractivity contribution in [2.24, 2.45) is 5.92 Å². The SMILES string of the molecule is COc1ccc(F)cc1CCC(Br)C1CC1. The van der Waals surface area contributed by atoms with Gasteiger partial charge in [-0.2, -0.15) is 0 Å². The van der Waals surface area contributed by atoms with Crippen LogP contribution in [0.2, 0.25) is 0 Å². The fourth-order valence-electron chi connectivity index (χ4n) is 1.93. The van der Waals surface area contributed by atoms with Crippen LogP contribution >= 0.6 is 15.9 Å². The molecule has 1 unspecified atom stereocenters. The fraction of sp³-hybridized carbons (Fsp3) is 0.538. The molecule has 1 aliphatic rings. The lowest BCUT2D eigenvalue weighted by Gasteiger charge is -2.11. The summed E-state index contributed by atoms with van der Waals surface area (Å²) in [5, 5.41) is 0. The maximum absolute atomic E-state index is 13.1. The topological polar surface area (TPSA) is 9.23 Å². The van der Waals surface area contributed by atoms with Crippen LogP contribution in [0.15, 0.2) is 18.2 Å². The van der Waals surface area contributed by atoms with Gasteiger partial charge in [0.05, 0.1) is 7.11 Å². The minimum atomic E-state index is -0.187. The highest BCUT2D eigenvalue weighted by Crippen LogP contribution is 2.39. The summed E-state index contributed by atoms with van der Waals surface area (Å²) in [4.78, 5) is 0.570. The molecular formula is C13H16BrFO. The van der Waals surface area contributed by atoms with Crippen molar-refractivity contribution in [2.75, 3.05) is 7.11 Å². The summed E-state index contributed by atoms with van der Waals surface area (Å²) in [6, 6.07) is 4.71. The first-order valence-corrected chi connectivity index (χ1v) is 6.58. The van der Waals surface area contributed by atoms with Gasteiger partial charge in [-0.05, 0) is 55.4 Å². The zero-order valence-corrected chi connectivity index (χ0v) is 11.0. The Morgan fingerprint density at radius 3 is 2.88 bits per heavy atom. The van der Waals surface area contributed by atoms with Crippen molar-refractivity contribution in [3.05, 3.63) is 29.6 Å². The number of rotatable bonds is 5. The Balaban J connectivity index is 1.98. The van der Waals surface area contributed by atoms with Crippen LogP contribution in [-0.2, 0) is 6.42 Å². The van der Waals surface area contributed by atoms with Gasteiger partial charge in [0.15, 0.2) is 0 Å². The molecule has 1 atom stereocenters. The van der Waals surface area contributed by atoms with E-state index in [2.05, 4.69) is 15.9 Å². The molecule has 1 nitrogen and oxygen atoms in total. The van der Waals surface area contributed by atoms with Crippen molar-refractivity contribution in [3.63, 3.8) is 0 Å². The summed E-state index contributed by atoms with van der Waals surface area (Å²) < 4.78 is 18.3. The molecular weight excluding hydrogens is 271 g/mol. The van der Waals surface area contributed by atoms with E-state index in [1.54, 1.807) is 19.2 Å². The number of alkyl halides is 1. The molecule has 16 heavy (non-hydrogen) atoms. The van der Waals surface area contributed by atoms with E-state index in [-0.39, 0.29) is 5.82 Å². The van der Waals surface area contributed by atoms with Gasteiger partial charge in [-0.3, -0.25) is 0 Å². The normalized spacial score (nSPS) is 17.2. The Bertz CT molecular complexity index is 363. The Morgan fingerprint density at radius 1 is 1.50 bits per heavy atom. The molecule has 1 aromatic carbocycles. The minimum absolute atomic E-state index is 0.187. The third kappa shape index (κ3) is 2.97. The standard InChI is InChI=1S/C13H16BrFO/c1-16-13-7-5-11(15)8-10(13)4-6-12(14)9-2-3-9/h5,7-9,12H,2-4,6H2,1H3. The summed E-state index contributed by atoms with van der Waals surface area (Å²) in [5.74, 6) is 1.43. The number of hydrogen-bond acceptors (Lipinski definition) is 1. The molecule has 0 heterocycles. The first-order chi connectivity index (χ1) is 7.70. The van der Waals surface area contributed by atoms with Crippen molar-refractivity contribution in [1.82, 2.24) is 0 Å². The second-order valence-electron chi connectivity index (χ2n) is 4.35. The average molecular weight is 287 g/mol. The molecule has 3 heteroatoms. The lowest BCUT2D eigenvalue weighted by atomic mass is 10.1. The molecule has 0 N–H and O–H groups in total. The molecule has 88 valence electrons. The predicted octanol–water partition coefficient (Wildman–Crippen LogP) is 3.94. The Hall–Kier alpha value is -0.570. The lowest BCUT2D eigenvalue weighted by molar-refractivity contribution is 0.407. The molecule has 0 bridgehead atoms. The Morgan fingerprint density at radius 2 is 2.25 bits per heavy atom. The van der Waals surface area contributed by atoms with Gasteiger partial charge >= 0.3 is 0 Å². The van der Waals surface area contributed by atoms with Gasteiger partial charge in [0.2, 0.25) is 0 Å². The molecule has 0 amide bonds. The van der Waals surface area contributed by atoms with Crippen LogP contribution in [-0.4, -0.2) is 11.9 Å². The summed E-state index contributed by atoms with van der Waals surface area (Å²) in [6.07, 6.45) is 4.57. The smallest absolute Gasteiger partial charge is 0.123 e. The highest BCUT2D eigenvalue weighted by atomic mass is 79.9. The van der Waals surface area contributed by atoms with E-state index in [1.807, 2.05) is 0 Å². The van der Waals surface area contributed by atoms with Gasteiger partial charge in [-0.15, -0.1) is 0 Å². The summed E-state index contributed by atoms with van der Waals surface area (Å²) >= 11 is 3.69. The van der Waals surface area contributed by atoms with E-state index in [4.69, 9.17) is 4.74 Å². The molecule has 2 rings (SSSR count). The van der Waals surface area contributed by atoms with E-state index in [0.29, 0.717) is 4.83 Å². The summed E-state index contributed by atoms with van der Waals surface area (Å²) in [7, 11) is 1.63. The van der Waals surface area contributed by atoms with Crippen LogP contribution in [0.25, 0.3) is 0 Å². The van der Waals surface area contributed by atoms with Gasteiger partial charge in [-0.25, -0.2) is 4.39 Å². The number of halogens is 2. The van der Waals surface area contributed by atoms with E-state index in [0.717, 1.165) is 30.1 Å². The Kier molecular flexibility index (Phi) is 3.85. The predicted molar refractivity (Wildman–Crippen MR) is 66.7 cm³/mol. The molecule has 0 saturated heterocycles. The first kappa shape index (κ1) is 11.9. The second kappa shape index (κ2) is 5.17. The van der Waals surface area contributed by atoms with Crippen LogP contribution in [0.3, 0.4) is 0 Å². The van der Waals surface area contributed by atoms with Gasteiger partial charge in [0, 0.05) is 4.83 Å². The average Bonchev–Trinajstić information content (AvgIpc) is 3.10. The zero-order valence-electron chi connectivity index (χ0n) is 9.38. The number of benzene rings is 1. The first-order valence-electron chi connectivity index (χ1n) is 5.67. The third-order valence-corrected chi connectivity index (χ3v) is 4.27. The quantitative estimate of drug-likeness (QED) is 0.745. The third-order valence-electron chi connectivity index (χ3n) is 3.07. The van der Waals surface area contributed by atoms with Gasteiger partial charge in [-0.1, -0.05) is 15.9 Å². The van der Waals surface area contributed by atoms with E-state index in [1.165, 1.54) is 18.9 Å².